The predicted octanol–water partition coefficient (Wildman–Crippen LogP) is 3.80. The Morgan fingerprint density at radius 3 is 2.78 bits per heavy atom. The van der Waals surface area contributed by atoms with Crippen LogP contribution in [-0.4, -0.2) is 39.9 Å². The Morgan fingerprint density at radius 1 is 1.37 bits per heavy atom. The minimum atomic E-state index is -0.919. The van der Waals surface area contributed by atoms with Gasteiger partial charge in [-0.25, -0.2) is 19.1 Å². The van der Waals surface area contributed by atoms with Gasteiger partial charge in [-0.15, -0.1) is 0 Å². The number of nitrogens with zero attached hydrogens (tertiary/aromatic N) is 3. The topological polar surface area (TPSA) is 87.6 Å². The maximum atomic E-state index is 14.3. The highest BCUT2D eigenvalue weighted by molar-refractivity contribution is 6.42. The molecule has 2 aromatic rings. The predicted molar refractivity (Wildman–Crippen MR) is 99.8 cm³/mol. The van der Waals surface area contributed by atoms with Crippen molar-refractivity contribution in [2.45, 2.75) is 32.0 Å². The fourth-order valence-corrected chi connectivity index (χ4v) is 3.00. The molecule has 0 aliphatic carbocycles. The molecule has 7 nitrogen and oxygen atoms in total. The Balaban J connectivity index is 1.86. The third-order valence-electron chi connectivity index (χ3n) is 4.21. The van der Waals surface area contributed by atoms with Crippen LogP contribution >= 0.6 is 23.2 Å². The van der Waals surface area contributed by atoms with E-state index in [1.165, 1.54) is 6.92 Å². The molecule has 2 N–H and O–H groups in total. The number of cyclic esters (lactones) is 1. The Bertz CT molecular complexity index is 868. The highest BCUT2D eigenvalue weighted by atomic mass is 35.5. The van der Waals surface area contributed by atoms with Gasteiger partial charge in [0.15, 0.2) is 11.6 Å². The van der Waals surface area contributed by atoms with Gasteiger partial charge >= 0.3 is 6.09 Å². The normalized spacial score (nSPS) is 19.0. The molecule has 0 radical (unpaired) electrons. The van der Waals surface area contributed by atoms with E-state index in [0.717, 1.165) is 16.7 Å². The summed E-state index contributed by atoms with van der Waals surface area (Å²) in [6, 6.07) is 4.16. The molecule has 144 valence electrons. The van der Waals surface area contributed by atoms with Crippen molar-refractivity contribution in [3.8, 4) is 0 Å². The number of nitrogens with one attached hydrogen (secondary N) is 1. The molecule has 27 heavy (non-hydrogen) atoms. The maximum absolute atomic E-state index is 14.3. The first-order chi connectivity index (χ1) is 12.8. The van der Waals surface area contributed by atoms with Crippen molar-refractivity contribution in [3.05, 3.63) is 45.8 Å². The van der Waals surface area contributed by atoms with Crippen LogP contribution in [0.5, 0.6) is 0 Å². The fourth-order valence-electron chi connectivity index (χ4n) is 2.69. The molecule has 0 saturated carbocycles. The molecule has 1 fully saturated rings. The summed E-state index contributed by atoms with van der Waals surface area (Å²) in [7, 11) is 0. The fraction of sp³-hybridized carbons (Fsp3) is 0.353. The van der Waals surface area contributed by atoms with Crippen molar-refractivity contribution in [1.29, 1.82) is 0 Å². The largest absolute Gasteiger partial charge is 0.447 e. The van der Waals surface area contributed by atoms with Crippen molar-refractivity contribution >= 4 is 41.1 Å². The second kappa shape index (κ2) is 7.84. The van der Waals surface area contributed by atoms with Gasteiger partial charge < -0.3 is 15.2 Å². The summed E-state index contributed by atoms with van der Waals surface area (Å²) in [5.74, 6) is -0.955. The van der Waals surface area contributed by atoms with E-state index >= 15 is 0 Å². The van der Waals surface area contributed by atoms with Crippen molar-refractivity contribution < 1.29 is 19.0 Å². The van der Waals surface area contributed by atoms with Gasteiger partial charge in [0.1, 0.15) is 12.6 Å². The summed E-state index contributed by atoms with van der Waals surface area (Å²) in [5, 5.41) is 13.7. The van der Waals surface area contributed by atoms with Gasteiger partial charge in [-0.1, -0.05) is 29.3 Å². The third kappa shape index (κ3) is 4.07. The highest BCUT2D eigenvalue weighted by Crippen LogP contribution is 2.29. The van der Waals surface area contributed by atoms with E-state index in [1.807, 2.05) is 6.92 Å². The highest BCUT2D eigenvalue weighted by Gasteiger charge is 2.39. The number of ether oxygens (including phenoxy) is 1. The van der Waals surface area contributed by atoms with E-state index in [2.05, 4.69) is 15.3 Å². The second-order valence-electron chi connectivity index (χ2n) is 6.16. The summed E-state index contributed by atoms with van der Waals surface area (Å²) in [5.41, 5.74) is 0.821. The van der Waals surface area contributed by atoms with Gasteiger partial charge in [0.25, 0.3) is 0 Å². The second-order valence-corrected chi connectivity index (χ2v) is 6.97. The Morgan fingerprint density at radius 2 is 2.11 bits per heavy atom. The van der Waals surface area contributed by atoms with E-state index in [-0.39, 0.29) is 24.4 Å². The van der Waals surface area contributed by atoms with Crippen molar-refractivity contribution in [2.24, 2.45) is 0 Å². The van der Waals surface area contributed by atoms with Gasteiger partial charge in [-0.2, -0.15) is 4.98 Å². The molecular weight excluding hydrogens is 398 g/mol. The Labute approximate surface area is 165 Å². The molecule has 0 unspecified atom stereocenters. The van der Waals surface area contributed by atoms with Crippen LogP contribution < -0.4 is 10.2 Å². The van der Waals surface area contributed by atoms with Gasteiger partial charge in [0.2, 0.25) is 5.95 Å². The van der Waals surface area contributed by atoms with E-state index < -0.39 is 24.1 Å². The first kappa shape index (κ1) is 19.6. The molecule has 2 heterocycles. The van der Waals surface area contributed by atoms with Crippen molar-refractivity contribution in [1.82, 2.24) is 9.97 Å². The van der Waals surface area contributed by atoms with Gasteiger partial charge in [-0.3, -0.25) is 0 Å². The summed E-state index contributed by atoms with van der Waals surface area (Å²) in [4.78, 5) is 21.0. The number of rotatable bonds is 5. The smallest absolute Gasteiger partial charge is 0.416 e. The average molecular weight is 415 g/mol. The summed E-state index contributed by atoms with van der Waals surface area (Å²) >= 11 is 12.0. The molecule has 10 heteroatoms. The molecule has 1 amide bonds. The van der Waals surface area contributed by atoms with Crippen LogP contribution in [-0.2, 0) is 4.74 Å². The van der Waals surface area contributed by atoms with Crippen molar-refractivity contribution in [3.63, 3.8) is 0 Å². The van der Waals surface area contributed by atoms with E-state index in [9.17, 15) is 14.3 Å². The van der Waals surface area contributed by atoms with Gasteiger partial charge in [0.05, 0.1) is 28.4 Å². The lowest BCUT2D eigenvalue weighted by Gasteiger charge is -2.23. The van der Waals surface area contributed by atoms with Gasteiger partial charge in [0, 0.05) is 0 Å². The molecule has 0 spiro atoms. The van der Waals surface area contributed by atoms with E-state index in [1.54, 1.807) is 18.2 Å². The number of halogens is 3. The molecule has 1 aromatic heterocycles. The zero-order chi connectivity index (χ0) is 19.7. The maximum Gasteiger partial charge on any atom is 0.416 e. The number of anilines is 2. The van der Waals surface area contributed by atoms with E-state index in [4.69, 9.17) is 27.9 Å². The Kier molecular flexibility index (Phi) is 5.69. The SMILES string of the molecule is C[C@H](Nc1ncc(F)c(N2C(=O)OC[C@@H]2[C@@H](C)O)n1)c1ccc(Cl)c(Cl)c1. The number of benzene rings is 1. The number of hydrogen-bond acceptors (Lipinski definition) is 6. The first-order valence-corrected chi connectivity index (χ1v) is 8.91. The quantitative estimate of drug-likeness (QED) is 0.773. The zero-order valence-electron chi connectivity index (χ0n) is 14.5. The summed E-state index contributed by atoms with van der Waals surface area (Å²) in [6.07, 6.45) is -0.740. The summed E-state index contributed by atoms with van der Waals surface area (Å²) < 4.78 is 19.2. The van der Waals surface area contributed by atoms with Gasteiger partial charge in [-0.05, 0) is 31.5 Å². The number of aliphatic hydroxyl groups is 1. The molecular formula is C17H17Cl2FN4O3. The van der Waals surface area contributed by atoms with Crippen LogP contribution in [0.3, 0.4) is 0 Å². The van der Waals surface area contributed by atoms with Crippen LogP contribution in [0.25, 0.3) is 0 Å². The molecule has 1 aliphatic rings. The van der Waals surface area contributed by atoms with Crippen LogP contribution in [0.15, 0.2) is 24.4 Å². The Hall–Kier alpha value is -2.16. The zero-order valence-corrected chi connectivity index (χ0v) is 16.0. The van der Waals surface area contributed by atoms with Crippen molar-refractivity contribution in [2.75, 3.05) is 16.8 Å². The lowest BCUT2D eigenvalue weighted by molar-refractivity contribution is 0.142. The number of amides is 1. The average Bonchev–Trinajstić information content (AvgIpc) is 3.00. The lowest BCUT2D eigenvalue weighted by atomic mass is 10.1. The summed E-state index contributed by atoms with van der Waals surface area (Å²) in [6.45, 7) is 3.28. The van der Waals surface area contributed by atoms with Crippen LogP contribution in [0.2, 0.25) is 10.0 Å². The number of aliphatic hydroxyl groups excluding tert-OH is 1. The molecule has 1 aliphatic heterocycles. The minimum Gasteiger partial charge on any atom is -0.447 e. The van der Waals surface area contributed by atoms with Crippen LogP contribution in [0, 0.1) is 5.82 Å². The number of carbonyl (C=O) groups is 1. The standard InChI is InChI=1S/C17H17Cl2FN4O3/c1-8(10-3-4-11(18)12(19)5-10)22-16-21-6-13(20)15(23-16)24-14(9(2)25)7-27-17(24)26/h3-6,8-9,14,25H,7H2,1-2H3,(H,21,22,23)/t8-,9+,14+/m0/s1. The molecule has 1 aromatic carbocycles. The van der Waals surface area contributed by atoms with Crippen LogP contribution in [0.4, 0.5) is 21.0 Å². The minimum absolute atomic E-state index is 0.0532. The first-order valence-electron chi connectivity index (χ1n) is 8.16. The van der Waals surface area contributed by atoms with Crippen LogP contribution in [0.1, 0.15) is 25.5 Å². The third-order valence-corrected chi connectivity index (χ3v) is 4.94. The van der Waals surface area contributed by atoms with E-state index in [0.29, 0.717) is 10.0 Å². The molecule has 0 bridgehead atoms. The lowest BCUT2D eigenvalue weighted by Crippen LogP contribution is -2.42. The molecule has 3 atom stereocenters. The number of aromatic nitrogens is 2. The number of hydrogen-bond donors (Lipinski definition) is 2. The monoisotopic (exact) mass is 414 g/mol. The number of carbonyl (C=O) groups excluding carboxylic acids is 1. The molecule has 1 saturated heterocycles. The molecule has 3 rings (SSSR count).